The maximum atomic E-state index is 5.87. The first-order valence-corrected chi connectivity index (χ1v) is 6.43. The average Bonchev–Trinajstić information content (AvgIpc) is 2.76. The highest BCUT2D eigenvalue weighted by Gasteiger charge is 2.22. The first-order chi connectivity index (χ1) is 7.40. The summed E-state index contributed by atoms with van der Waals surface area (Å²) < 4.78 is 5.87. The summed E-state index contributed by atoms with van der Waals surface area (Å²) in [5.74, 6) is 1.04. The Hall–Kier alpha value is -0.890. The van der Waals surface area contributed by atoms with Gasteiger partial charge in [-0.2, -0.15) is 0 Å². The molecule has 0 aromatic heterocycles. The van der Waals surface area contributed by atoms with Crippen LogP contribution in [-0.4, -0.2) is 5.75 Å². The molecule has 1 saturated heterocycles. The zero-order chi connectivity index (χ0) is 10.5. The topological polar surface area (TPSA) is 9.23 Å². The third kappa shape index (κ3) is 2.78. The number of thioether (sulfide) groups is 1. The zero-order valence-electron chi connectivity index (χ0n) is 8.98. The van der Waals surface area contributed by atoms with Crippen molar-refractivity contribution in [2.45, 2.75) is 25.9 Å². The molecule has 80 valence electrons. The van der Waals surface area contributed by atoms with Crippen LogP contribution >= 0.6 is 11.8 Å². The number of ether oxygens (including phenoxy) is 1. The Morgan fingerprint density at radius 3 is 2.93 bits per heavy atom. The molecule has 1 unspecified atom stereocenters. The van der Waals surface area contributed by atoms with Crippen LogP contribution in [0.1, 0.15) is 31.4 Å². The van der Waals surface area contributed by atoms with Crippen LogP contribution in [0.25, 0.3) is 0 Å². The second kappa shape index (κ2) is 5.26. The monoisotopic (exact) mass is 220 g/mol. The van der Waals surface area contributed by atoms with Gasteiger partial charge in [0, 0.05) is 5.75 Å². The summed E-state index contributed by atoms with van der Waals surface area (Å²) in [4.78, 5) is 0. The van der Waals surface area contributed by atoms with Crippen molar-refractivity contribution in [3.05, 3.63) is 47.1 Å². The number of rotatable bonds is 3. The lowest BCUT2D eigenvalue weighted by molar-refractivity contribution is 0.172. The van der Waals surface area contributed by atoms with Crippen LogP contribution < -0.4 is 0 Å². The Balaban J connectivity index is 1.99. The Morgan fingerprint density at radius 2 is 2.20 bits per heavy atom. The van der Waals surface area contributed by atoms with Crippen molar-refractivity contribution in [2.24, 2.45) is 0 Å². The lowest BCUT2D eigenvalue weighted by atomic mass is 10.1. The molecule has 2 rings (SSSR count). The molecule has 0 spiro atoms. The van der Waals surface area contributed by atoms with E-state index >= 15 is 0 Å². The molecule has 0 bridgehead atoms. The van der Waals surface area contributed by atoms with Gasteiger partial charge < -0.3 is 4.74 Å². The van der Waals surface area contributed by atoms with E-state index in [-0.39, 0.29) is 6.10 Å². The van der Waals surface area contributed by atoms with Gasteiger partial charge in [0.25, 0.3) is 0 Å². The van der Waals surface area contributed by atoms with Gasteiger partial charge in [-0.3, -0.25) is 0 Å². The summed E-state index contributed by atoms with van der Waals surface area (Å²) in [5.41, 5.74) is 1.28. The molecule has 1 fully saturated rings. The van der Waals surface area contributed by atoms with E-state index in [2.05, 4.69) is 37.3 Å². The molecule has 1 aromatic carbocycles. The Bertz CT molecular complexity index is 332. The fourth-order valence-corrected chi connectivity index (χ4v) is 2.56. The highest BCUT2D eigenvalue weighted by Crippen LogP contribution is 2.38. The van der Waals surface area contributed by atoms with E-state index in [1.807, 2.05) is 17.8 Å². The van der Waals surface area contributed by atoms with Crippen molar-refractivity contribution in [1.29, 1.82) is 0 Å². The lowest BCUT2D eigenvalue weighted by Gasteiger charge is -2.09. The third-order valence-electron chi connectivity index (χ3n) is 2.41. The maximum Gasteiger partial charge on any atom is 0.150 e. The smallest absolute Gasteiger partial charge is 0.150 e. The summed E-state index contributed by atoms with van der Waals surface area (Å²) in [6, 6.07) is 10.4. The second-order valence-corrected chi connectivity index (χ2v) is 4.66. The summed E-state index contributed by atoms with van der Waals surface area (Å²) in [6.07, 6.45) is 4.75. The van der Waals surface area contributed by atoms with E-state index in [1.54, 1.807) is 0 Å². The van der Waals surface area contributed by atoms with Crippen LogP contribution in [-0.2, 0) is 4.74 Å². The van der Waals surface area contributed by atoms with Crippen LogP contribution in [0, 0.1) is 0 Å². The molecular formula is C13H16OS. The van der Waals surface area contributed by atoms with Gasteiger partial charge in [-0.25, -0.2) is 0 Å². The average molecular weight is 220 g/mol. The van der Waals surface area contributed by atoms with E-state index in [0.717, 1.165) is 17.3 Å². The minimum atomic E-state index is 0.249. The lowest BCUT2D eigenvalue weighted by Crippen LogP contribution is -1.97. The van der Waals surface area contributed by atoms with E-state index in [0.29, 0.717) is 0 Å². The van der Waals surface area contributed by atoms with Gasteiger partial charge in [-0.05, 0) is 18.1 Å². The van der Waals surface area contributed by atoms with Crippen molar-refractivity contribution in [3.8, 4) is 0 Å². The molecule has 1 aliphatic heterocycles. The Morgan fingerprint density at radius 1 is 1.40 bits per heavy atom. The summed E-state index contributed by atoms with van der Waals surface area (Å²) in [5, 5.41) is 1.10. The summed E-state index contributed by atoms with van der Waals surface area (Å²) >= 11 is 1.82. The Labute approximate surface area is 95.5 Å². The van der Waals surface area contributed by atoms with Gasteiger partial charge >= 0.3 is 0 Å². The summed E-state index contributed by atoms with van der Waals surface area (Å²) in [6.45, 7) is 2.19. The molecule has 0 radical (unpaired) electrons. The number of allylic oxidation sites excluding steroid dienone is 1. The van der Waals surface area contributed by atoms with Crippen molar-refractivity contribution < 1.29 is 4.74 Å². The van der Waals surface area contributed by atoms with Crippen molar-refractivity contribution >= 4 is 11.8 Å². The fraction of sp³-hybridized carbons (Fsp3) is 0.385. The van der Waals surface area contributed by atoms with Crippen molar-refractivity contribution in [1.82, 2.24) is 0 Å². The van der Waals surface area contributed by atoms with Gasteiger partial charge in [-0.15, -0.1) is 0 Å². The molecular weight excluding hydrogens is 204 g/mol. The van der Waals surface area contributed by atoms with Crippen LogP contribution in [0.2, 0.25) is 0 Å². The van der Waals surface area contributed by atoms with E-state index < -0.39 is 0 Å². The van der Waals surface area contributed by atoms with Crippen LogP contribution in [0.4, 0.5) is 0 Å². The summed E-state index contributed by atoms with van der Waals surface area (Å²) in [7, 11) is 0. The largest absolute Gasteiger partial charge is 0.479 e. The molecule has 0 saturated carbocycles. The van der Waals surface area contributed by atoms with Gasteiger partial charge in [0.2, 0.25) is 0 Å². The number of hydrogen-bond donors (Lipinski definition) is 0. The predicted octanol–water partition coefficient (Wildman–Crippen LogP) is 4.13. The van der Waals surface area contributed by atoms with Gasteiger partial charge in [0.05, 0.1) is 0 Å². The molecule has 1 atom stereocenters. The maximum absolute atomic E-state index is 5.87. The fourth-order valence-electron chi connectivity index (χ4n) is 1.57. The highest BCUT2D eigenvalue weighted by molar-refractivity contribution is 8.03. The molecule has 0 amide bonds. The molecule has 1 aliphatic rings. The molecule has 0 aliphatic carbocycles. The van der Waals surface area contributed by atoms with E-state index in [9.17, 15) is 0 Å². The highest BCUT2D eigenvalue weighted by atomic mass is 32.2. The number of benzene rings is 1. The number of hydrogen-bond acceptors (Lipinski definition) is 2. The molecule has 0 N–H and O–H groups in total. The molecule has 1 nitrogen and oxygen atoms in total. The van der Waals surface area contributed by atoms with E-state index in [1.165, 1.54) is 12.0 Å². The van der Waals surface area contributed by atoms with Crippen molar-refractivity contribution in [2.75, 3.05) is 5.75 Å². The van der Waals surface area contributed by atoms with Crippen LogP contribution in [0.15, 0.2) is 41.5 Å². The van der Waals surface area contributed by atoms with Crippen LogP contribution in [0.3, 0.4) is 0 Å². The zero-order valence-corrected chi connectivity index (χ0v) is 9.80. The molecule has 15 heavy (non-hydrogen) atoms. The molecule has 2 heteroatoms. The standard InChI is InChI=1S/C13H16OS/c1-2-3-9-13-14-12(10-15-13)11-7-5-4-6-8-11/h4-9,12H,2-3,10H2,1H3/b13-9-. The normalized spacial score (nSPS) is 23.0. The number of unbranched alkanes of at least 4 members (excludes halogenated alkanes) is 1. The van der Waals surface area contributed by atoms with Gasteiger partial charge in [0.1, 0.15) is 11.2 Å². The van der Waals surface area contributed by atoms with Gasteiger partial charge in [0.15, 0.2) is 0 Å². The van der Waals surface area contributed by atoms with Crippen LogP contribution in [0.5, 0.6) is 0 Å². The minimum Gasteiger partial charge on any atom is -0.479 e. The SMILES string of the molecule is CCC/C=C1/OC(c2ccccc2)CS1. The van der Waals surface area contributed by atoms with Gasteiger partial charge in [-0.1, -0.05) is 55.4 Å². The Kier molecular flexibility index (Phi) is 3.73. The quantitative estimate of drug-likeness (QED) is 0.757. The first-order valence-electron chi connectivity index (χ1n) is 5.44. The minimum absolute atomic E-state index is 0.249. The molecule has 1 heterocycles. The second-order valence-electron chi connectivity index (χ2n) is 3.64. The third-order valence-corrected chi connectivity index (χ3v) is 3.42. The molecule has 1 aromatic rings. The first kappa shape index (κ1) is 10.6. The van der Waals surface area contributed by atoms with Crippen molar-refractivity contribution in [3.63, 3.8) is 0 Å². The predicted molar refractivity (Wildman–Crippen MR) is 65.7 cm³/mol. The van der Waals surface area contributed by atoms with E-state index in [4.69, 9.17) is 4.74 Å².